The Labute approximate surface area is 99.1 Å². The van der Waals surface area contributed by atoms with Crippen molar-refractivity contribution in [3.05, 3.63) is 0 Å². The zero-order chi connectivity index (χ0) is 12.2. The number of rotatable bonds is 5. The highest BCUT2D eigenvalue weighted by atomic mass is 15.1. The molecule has 4 nitrogen and oxygen atoms in total. The van der Waals surface area contributed by atoms with Gasteiger partial charge >= 0.3 is 0 Å². The van der Waals surface area contributed by atoms with Gasteiger partial charge in [0.25, 0.3) is 0 Å². The fraction of sp³-hybridized carbons (Fsp3) is 0.917. The van der Waals surface area contributed by atoms with Crippen molar-refractivity contribution in [1.82, 2.24) is 4.90 Å². The van der Waals surface area contributed by atoms with Crippen molar-refractivity contribution in [1.29, 1.82) is 0 Å². The number of nitrogens with two attached hydrogens (primary N) is 2. The van der Waals surface area contributed by atoms with Crippen molar-refractivity contribution >= 4 is 5.96 Å². The van der Waals surface area contributed by atoms with Gasteiger partial charge in [-0.05, 0) is 39.3 Å². The summed E-state index contributed by atoms with van der Waals surface area (Å²) in [6, 6.07) is 0. The van der Waals surface area contributed by atoms with Crippen LogP contribution in [0.25, 0.3) is 0 Å². The molecule has 0 radical (unpaired) electrons. The van der Waals surface area contributed by atoms with E-state index in [1.54, 1.807) is 0 Å². The molecule has 1 atom stereocenters. The topological polar surface area (TPSA) is 67.6 Å². The molecule has 1 fully saturated rings. The minimum atomic E-state index is -0.0706. The van der Waals surface area contributed by atoms with Gasteiger partial charge in [-0.3, -0.25) is 0 Å². The van der Waals surface area contributed by atoms with E-state index in [-0.39, 0.29) is 11.5 Å². The van der Waals surface area contributed by atoms with Gasteiger partial charge in [0.05, 0.1) is 5.54 Å². The fourth-order valence-electron chi connectivity index (χ4n) is 3.00. The van der Waals surface area contributed by atoms with Gasteiger partial charge in [0, 0.05) is 6.54 Å². The number of hydrogen-bond donors (Lipinski definition) is 2. The van der Waals surface area contributed by atoms with Crippen LogP contribution in [0, 0.1) is 5.92 Å². The summed E-state index contributed by atoms with van der Waals surface area (Å²) in [6.07, 6.45) is 6.17. The van der Waals surface area contributed by atoms with Crippen LogP contribution in [0.1, 0.15) is 39.0 Å². The molecule has 0 saturated heterocycles. The minimum Gasteiger partial charge on any atom is -0.370 e. The average molecular weight is 226 g/mol. The Hall–Kier alpha value is -0.770. The lowest BCUT2D eigenvalue weighted by Gasteiger charge is -2.37. The van der Waals surface area contributed by atoms with Crippen molar-refractivity contribution in [2.45, 2.75) is 44.6 Å². The Kier molecular flexibility index (Phi) is 4.59. The monoisotopic (exact) mass is 226 g/mol. The van der Waals surface area contributed by atoms with Gasteiger partial charge < -0.3 is 16.4 Å². The van der Waals surface area contributed by atoms with Crippen LogP contribution < -0.4 is 11.5 Å². The Balaban J connectivity index is 2.91. The van der Waals surface area contributed by atoms with Crippen LogP contribution in [-0.2, 0) is 0 Å². The first kappa shape index (κ1) is 13.3. The van der Waals surface area contributed by atoms with Crippen LogP contribution in [0.15, 0.2) is 4.99 Å². The highest BCUT2D eigenvalue weighted by Crippen LogP contribution is 2.39. The molecule has 0 aliphatic heterocycles. The summed E-state index contributed by atoms with van der Waals surface area (Å²) in [4.78, 5) is 6.77. The quantitative estimate of drug-likeness (QED) is 0.546. The van der Waals surface area contributed by atoms with Crippen molar-refractivity contribution in [2.75, 3.05) is 20.6 Å². The van der Waals surface area contributed by atoms with Crippen molar-refractivity contribution in [2.24, 2.45) is 22.4 Å². The summed E-state index contributed by atoms with van der Waals surface area (Å²) in [6.45, 7) is 3.13. The molecular weight excluding hydrogens is 200 g/mol. The Bertz CT molecular complexity index is 239. The number of aliphatic imine (C=N–C) groups is 1. The standard InChI is InChI=1S/C12H26N4/c1-4-12(9-16(2)3,15-11(13)14)10-7-5-6-8-10/h10H,4-9H2,1-3H3,(H4,13,14,15). The van der Waals surface area contributed by atoms with E-state index >= 15 is 0 Å². The molecule has 1 unspecified atom stereocenters. The molecule has 0 aromatic carbocycles. The van der Waals surface area contributed by atoms with Crippen LogP contribution in [-0.4, -0.2) is 37.0 Å². The molecule has 0 amide bonds. The Morgan fingerprint density at radius 2 is 1.88 bits per heavy atom. The first-order chi connectivity index (χ1) is 7.50. The maximum atomic E-state index is 5.61. The van der Waals surface area contributed by atoms with Gasteiger partial charge in [-0.2, -0.15) is 0 Å². The molecule has 1 rings (SSSR count). The number of guanidine groups is 1. The summed E-state index contributed by atoms with van der Waals surface area (Å²) < 4.78 is 0. The van der Waals surface area contributed by atoms with Gasteiger partial charge in [-0.15, -0.1) is 0 Å². The zero-order valence-corrected chi connectivity index (χ0v) is 10.9. The molecule has 1 aliphatic carbocycles. The summed E-state index contributed by atoms with van der Waals surface area (Å²) >= 11 is 0. The first-order valence-electron chi connectivity index (χ1n) is 6.25. The van der Waals surface area contributed by atoms with Crippen LogP contribution >= 0.6 is 0 Å². The lowest BCUT2D eigenvalue weighted by atomic mass is 9.80. The second-order valence-corrected chi connectivity index (χ2v) is 5.21. The SMILES string of the molecule is CCC(CN(C)C)(N=C(N)N)C1CCCC1. The molecule has 0 spiro atoms. The number of likely N-dealkylation sites (N-methyl/N-ethyl adjacent to an activating group) is 1. The van der Waals surface area contributed by atoms with Crippen molar-refractivity contribution in [3.63, 3.8) is 0 Å². The van der Waals surface area contributed by atoms with Gasteiger partial charge in [0.2, 0.25) is 0 Å². The summed E-state index contributed by atoms with van der Waals surface area (Å²) in [5, 5.41) is 0. The molecule has 1 aliphatic rings. The van der Waals surface area contributed by atoms with Gasteiger partial charge in [-0.25, -0.2) is 4.99 Å². The maximum absolute atomic E-state index is 5.61. The van der Waals surface area contributed by atoms with Gasteiger partial charge in [-0.1, -0.05) is 19.8 Å². The third-order valence-electron chi connectivity index (χ3n) is 3.67. The molecule has 0 heterocycles. The lowest BCUT2D eigenvalue weighted by molar-refractivity contribution is 0.198. The molecule has 0 bridgehead atoms. The largest absolute Gasteiger partial charge is 0.370 e. The van der Waals surface area contributed by atoms with Crippen LogP contribution in [0.4, 0.5) is 0 Å². The minimum absolute atomic E-state index is 0.0706. The smallest absolute Gasteiger partial charge is 0.186 e. The number of nitrogens with zero attached hydrogens (tertiary/aromatic N) is 2. The van der Waals surface area contributed by atoms with E-state index in [9.17, 15) is 0 Å². The molecule has 4 heteroatoms. The predicted molar refractivity (Wildman–Crippen MR) is 69.3 cm³/mol. The summed E-state index contributed by atoms with van der Waals surface area (Å²) in [7, 11) is 4.17. The Morgan fingerprint density at radius 1 is 1.31 bits per heavy atom. The molecule has 4 N–H and O–H groups in total. The average Bonchev–Trinajstić information content (AvgIpc) is 2.68. The van der Waals surface area contributed by atoms with E-state index in [1.807, 2.05) is 0 Å². The second kappa shape index (κ2) is 5.53. The van der Waals surface area contributed by atoms with E-state index in [0.717, 1.165) is 13.0 Å². The third-order valence-corrected chi connectivity index (χ3v) is 3.67. The lowest BCUT2D eigenvalue weighted by Crippen LogP contribution is -2.46. The fourth-order valence-corrected chi connectivity index (χ4v) is 3.00. The third kappa shape index (κ3) is 3.11. The van der Waals surface area contributed by atoms with Gasteiger partial charge in [0.1, 0.15) is 0 Å². The summed E-state index contributed by atoms with van der Waals surface area (Å²) in [5.41, 5.74) is 11.1. The molecule has 0 aromatic rings. The van der Waals surface area contributed by atoms with E-state index in [2.05, 4.69) is 30.9 Å². The van der Waals surface area contributed by atoms with Crippen LogP contribution in [0.3, 0.4) is 0 Å². The summed E-state index contributed by atoms with van der Waals surface area (Å²) in [5.74, 6) is 0.873. The van der Waals surface area contributed by atoms with Crippen molar-refractivity contribution < 1.29 is 0 Å². The van der Waals surface area contributed by atoms with Crippen LogP contribution in [0.2, 0.25) is 0 Å². The van der Waals surface area contributed by atoms with Crippen molar-refractivity contribution in [3.8, 4) is 0 Å². The maximum Gasteiger partial charge on any atom is 0.186 e. The molecule has 94 valence electrons. The molecule has 16 heavy (non-hydrogen) atoms. The van der Waals surface area contributed by atoms with E-state index in [4.69, 9.17) is 11.5 Å². The zero-order valence-electron chi connectivity index (χ0n) is 10.9. The van der Waals surface area contributed by atoms with E-state index < -0.39 is 0 Å². The molecule has 1 saturated carbocycles. The Morgan fingerprint density at radius 3 is 2.25 bits per heavy atom. The first-order valence-corrected chi connectivity index (χ1v) is 6.25. The highest BCUT2D eigenvalue weighted by molar-refractivity contribution is 5.76. The molecule has 0 aromatic heterocycles. The van der Waals surface area contributed by atoms with Gasteiger partial charge in [0.15, 0.2) is 5.96 Å². The van der Waals surface area contributed by atoms with E-state index in [0.29, 0.717) is 5.92 Å². The molecular formula is C12H26N4. The highest BCUT2D eigenvalue weighted by Gasteiger charge is 2.39. The predicted octanol–water partition coefficient (Wildman–Crippen LogP) is 1.16. The van der Waals surface area contributed by atoms with E-state index in [1.165, 1.54) is 25.7 Å². The normalized spacial score (nSPS) is 21.0. The number of hydrogen-bond acceptors (Lipinski definition) is 2. The second-order valence-electron chi connectivity index (χ2n) is 5.21. The van der Waals surface area contributed by atoms with Crippen LogP contribution in [0.5, 0.6) is 0 Å².